The average Bonchev–Trinajstić information content (AvgIpc) is 2.66. The summed E-state index contributed by atoms with van der Waals surface area (Å²) in [5.41, 5.74) is 6.48. The van der Waals surface area contributed by atoms with Gasteiger partial charge in [0.2, 0.25) is 5.91 Å². The molecule has 0 unspecified atom stereocenters. The smallest absolute Gasteiger partial charge is 0.274 e. The minimum absolute atomic E-state index is 0.116. The van der Waals surface area contributed by atoms with E-state index in [1.165, 1.54) is 5.56 Å². The van der Waals surface area contributed by atoms with Crippen molar-refractivity contribution in [3.63, 3.8) is 0 Å². The molecule has 2 aromatic rings. The Morgan fingerprint density at radius 2 is 1.85 bits per heavy atom. The standard InChI is InChI=1S/C21H24N2O3/c1-14(2)16-5-3-15(4-6-16)11-20(24)23-10-9-17-12-18(21(25)22-26)7-8-19(17)13-23/h3-8,12,14,26H,9-11,13H2,1-2H3,(H,22,25). The first-order valence-corrected chi connectivity index (χ1v) is 8.90. The summed E-state index contributed by atoms with van der Waals surface area (Å²) in [7, 11) is 0. The number of carbonyl (C=O) groups excluding carboxylic acids is 2. The van der Waals surface area contributed by atoms with Crippen molar-refractivity contribution in [2.24, 2.45) is 0 Å². The van der Waals surface area contributed by atoms with Gasteiger partial charge in [0.25, 0.3) is 5.91 Å². The van der Waals surface area contributed by atoms with Crippen LogP contribution in [0.1, 0.15) is 52.4 Å². The zero-order chi connectivity index (χ0) is 18.7. The summed E-state index contributed by atoms with van der Waals surface area (Å²) in [5, 5.41) is 8.74. The summed E-state index contributed by atoms with van der Waals surface area (Å²) in [6.45, 7) is 5.50. The molecule has 0 aliphatic carbocycles. The summed E-state index contributed by atoms with van der Waals surface area (Å²) in [6, 6.07) is 13.6. The third-order valence-electron chi connectivity index (χ3n) is 4.94. The highest BCUT2D eigenvalue weighted by atomic mass is 16.5. The van der Waals surface area contributed by atoms with Gasteiger partial charge in [-0.2, -0.15) is 0 Å². The van der Waals surface area contributed by atoms with Crippen molar-refractivity contribution in [2.45, 2.75) is 39.2 Å². The van der Waals surface area contributed by atoms with Gasteiger partial charge in [0, 0.05) is 18.7 Å². The van der Waals surface area contributed by atoms with Crippen molar-refractivity contribution in [3.8, 4) is 0 Å². The molecule has 0 aromatic heterocycles. The number of nitrogens with zero attached hydrogens (tertiary/aromatic N) is 1. The van der Waals surface area contributed by atoms with Crippen LogP contribution < -0.4 is 5.48 Å². The Labute approximate surface area is 153 Å². The Kier molecular flexibility index (Phi) is 5.38. The maximum atomic E-state index is 12.6. The predicted molar refractivity (Wildman–Crippen MR) is 99.1 cm³/mol. The van der Waals surface area contributed by atoms with Gasteiger partial charge in [-0.1, -0.05) is 44.2 Å². The lowest BCUT2D eigenvalue weighted by atomic mass is 9.96. The fourth-order valence-electron chi connectivity index (χ4n) is 3.28. The Bertz CT molecular complexity index is 813. The molecular weight excluding hydrogens is 328 g/mol. The number of amides is 2. The molecule has 0 saturated carbocycles. The molecule has 0 radical (unpaired) electrons. The van der Waals surface area contributed by atoms with E-state index in [1.807, 2.05) is 23.1 Å². The molecule has 0 bridgehead atoms. The van der Waals surface area contributed by atoms with E-state index in [0.717, 1.165) is 16.7 Å². The van der Waals surface area contributed by atoms with Gasteiger partial charge in [0.1, 0.15) is 0 Å². The van der Waals surface area contributed by atoms with Crippen LogP contribution in [0.3, 0.4) is 0 Å². The molecule has 1 aliphatic heterocycles. The highest BCUT2D eigenvalue weighted by Crippen LogP contribution is 2.22. The van der Waals surface area contributed by atoms with Crippen LogP contribution in [0.4, 0.5) is 0 Å². The number of hydrogen-bond acceptors (Lipinski definition) is 3. The van der Waals surface area contributed by atoms with Gasteiger partial charge in [0.15, 0.2) is 0 Å². The number of nitrogens with one attached hydrogen (secondary N) is 1. The first kappa shape index (κ1) is 18.1. The molecule has 0 saturated heterocycles. The zero-order valence-electron chi connectivity index (χ0n) is 15.2. The van der Waals surface area contributed by atoms with Crippen molar-refractivity contribution >= 4 is 11.8 Å². The lowest BCUT2D eigenvalue weighted by Crippen LogP contribution is -2.37. The van der Waals surface area contributed by atoms with Crippen LogP contribution in [-0.4, -0.2) is 28.5 Å². The number of hydrogen-bond donors (Lipinski definition) is 2. The molecule has 2 aromatic carbocycles. The Hall–Kier alpha value is -2.66. The van der Waals surface area contributed by atoms with Crippen molar-refractivity contribution < 1.29 is 14.8 Å². The van der Waals surface area contributed by atoms with Gasteiger partial charge >= 0.3 is 0 Å². The van der Waals surface area contributed by atoms with Crippen LogP contribution in [0.25, 0.3) is 0 Å². The minimum atomic E-state index is -0.517. The van der Waals surface area contributed by atoms with Crippen LogP contribution in [0, 0.1) is 0 Å². The monoisotopic (exact) mass is 352 g/mol. The zero-order valence-corrected chi connectivity index (χ0v) is 15.2. The van der Waals surface area contributed by atoms with Gasteiger partial charge in [-0.3, -0.25) is 14.8 Å². The third kappa shape index (κ3) is 3.94. The summed E-state index contributed by atoms with van der Waals surface area (Å²) in [6.07, 6.45) is 1.11. The van der Waals surface area contributed by atoms with Crippen molar-refractivity contribution in [1.29, 1.82) is 0 Å². The number of hydroxylamine groups is 1. The lowest BCUT2D eigenvalue weighted by molar-refractivity contribution is -0.131. The van der Waals surface area contributed by atoms with Gasteiger partial charge < -0.3 is 4.90 Å². The van der Waals surface area contributed by atoms with E-state index in [4.69, 9.17) is 5.21 Å². The second-order valence-electron chi connectivity index (χ2n) is 7.06. The number of fused-ring (bicyclic) bond motifs is 1. The molecule has 2 N–H and O–H groups in total. The van der Waals surface area contributed by atoms with E-state index in [2.05, 4.69) is 26.0 Å². The molecule has 136 valence electrons. The van der Waals surface area contributed by atoms with E-state index in [-0.39, 0.29) is 5.91 Å². The summed E-state index contributed by atoms with van der Waals surface area (Å²) < 4.78 is 0. The fourth-order valence-corrected chi connectivity index (χ4v) is 3.28. The maximum Gasteiger partial charge on any atom is 0.274 e. The largest absolute Gasteiger partial charge is 0.338 e. The molecule has 1 aliphatic rings. The van der Waals surface area contributed by atoms with E-state index in [0.29, 0.717) is 37.4 Å². The number of rotatable bonds is 4. The maximum absolute atomic E-state index is 12.6. The summed E-state index contributed by atoms with van der Waals surface area (Å²) in [4.78, 5) is 26.0. The van der Waals surface area contributed by atoms with Crippen LogP contribution in [0.15, 0.2) is 42.5 Å². The van der Waals surface area contributed by atoms with Gasteiger partial charge in [-0.05, 0) is 46.7 Å². The third-order valence-corrected chi connectivity index (χ3v) is 4.94. The quantitative estimate of drug-likeness (QED) is 0.656. The number of carbonyl (C=O) groups is 2. The van der Waals surface area contributed by atoms with E-state index in [9.17, 15) is 9.59 Å². The Morgan fingerprint density at radius 3 is 2.50 bits per heavy atom. The predicted octanol–water partition coefficient (Wildman–Crippen LogP) is 3.06. The molecule has 5 heteroatoms. The fraction of sp³-hybridized carbons (Fsp3) is 0.333. The van der Waals surface area contributed by atoms with Crippen LogP contribution in [0.2, 0.25) is 0 Å². The Morgan fingerprint density at radius 1 is 1.12 bits per heavy atom. The SMILES string of the molecule is CC(C)c1ccc(CC(=O)N2CCc3cc(C(=O)NO)ccc3C2)cc1. The first-order valence-electron chi connectivity index (χ1n) is 8.90. The van der Waals surface area contributed by atoms with Gasteiger partial charge in [-0.15, -0.1) is 0 Å². The lowest BCUT2D eigenvalue weighted by Gasteiger charge is -2.29. The van der Waals surface area contributed by atoms with E-state index >= 15 is 0 Å². The molecular formula is C21H24N2O3. The van der Waals surface area contributed by atoms with Gasteiger partial charge in [-0.25, -0.2) is 5.48 Å². The normalized spacial score (nSPS) is 13.5. The molecule has 0 spiro atoms. The molecule has 3 rings (SSSR count). The second kappa shape index (κ2) is 7.70. The summed E-state index contributed by atoms with van der Waals surface area (Å²) in [5.74, 6) is 0.0810. The molecule has 2 amide bonds. The number of benzene rings is 2. The van der Waals surface area contributed by atoms with Crippen molar-refractivity contribution in [2.75, 3.05) is 6.54 Å². The van der Waals surface area contributed by atoms with Crippen LogP contribution in [0.5, 0.6) is 0 Å². The molecule has 5 nitrogen and oxygen atoms in total. The van der Waals surface area contributed by atoms with Crippen LogP contribution in [-0.2, 0) is 24.2 Å². The molecule has 1 heterocycles. The Balaban J connectivity index is 1.66. The molecule has 26 heavy (non-hydrogen) atoms. The summed E-state index contributed by atoms with van der Waals surface area (Å²) >= 11 is 0. The van der Waals surface area contributed by atoms with Crippen LogP contribution >= 0.6 is 0 Å². The van der Waals surface area contributed by atoms with E-state index < -0.39 is 5.91 Å². The molecule has 0 fully saturated rings. The van der Waals surface area contributed by atoms with Crippen molar-refractivity contribution in [3.05, 3.63) is 70.3 Å². The second-order valence-corrected chi connectivity index (χ2v) is 7.06. The van der Waals surface area contributed by atoms with Gasteiger partial charge in [0.05, 0.1) is 6.42 Å². The minimum Gasteiger partial charge on any atom is -0.338 e. The molecule has 0 atom stereocenters. The highest BCUT2D eigenvalue weighted by Gasteiger charge is 2.21. The average molecular weight is 352 g/mol. The van der Waals surface area contributed by atoms with E-state index in [1.54, 1.807) is 17.6 Å². The first-order chi connectivity index (χ1) is 12.5. The van der Waals surface area contributed by atoms with Crippen molar-refractivity contribution in [1.82, 2.24) is 10.4 Å². The highest BCUT2D eigenvalue weighted by molar-refractivity contribution is 5.93. The topological polar surface area (TPSA) is 69.6 Å².